The fraction of sp³-hybridized carbons (Fsp3) is 0.143. The Hall–Kier alpha value is -0.820. The van der Waals surface area contributed by atoms with Crippen molar-refractivity contribution in [1.29, 1.82) is 0 Å². The van der Waals surface area contributed by atoms with Crippen LogP contribution in [0.25, 0.3) is 0 Å². The molecule has 0 aliphatic carbocycles. The van der Waals surface area contributed by atoms with Gasteiger partial charge in [0.05, 0.1) is 0 Å². The molecule has 0 aromatic heterocycles. The molecule has 1 aromatic carbocycles. The summed E-state index contributed by atoms with van der Waals surface area (Å²) in [4.78, 5) is 0. The van der Waals surface area contributed by atoms with Crippen LogP contribution in [0.2, 0.25) is 0 Å². The summed E-state index contributed by atoms with van der Waals surface area (Å²) in [5.41, 5.74) is 0. The van der Waals surface area contributed by atoms with Gasteiger partial charge in [-0.15, -0.1) is 0 Å². The zero-order valence-electron chi connectivity index (χ0n) is 5.58. The van der Waals surface area contributed by atoms with Gasteiger partial charge in [-0.05, 0) is 12.1 Å². The van der Waals surface area contributed by atoms with E-state index in [0.717, 1.165) is 0 Å². The fourth-order valence-electron chi connectivity index (χ4n) is 0.688. The fourth-order valence-corrected chi connectivity index (χ4v) is 1.38. The summed E-state index contributed by atoms with van der Waals surface area (Å²) in [5, 5.41) is 0.206. The molecule has 0 aliphatic heterocycles. The number of benzene rings is 1. The molecule has 1 rings (SSSR count). The molecule has 4 heteroatoms. The average molecular weight is 175 g/mol. The minimum atomic E-state index is -2.76. The molecule has 0 fully saturated rings. The second-order valence-electron chi connectivity index (χ2n) is 1.94. The SMILES string of the molecule is O=[P](c1ccccc1)C(F)F. The van der Waals surface area contributed by atoms with Gasteiger partial charge in [0.1, 0.15) is 0 Å². The van der Waals surface area contributed by atoms with Crippen LogP contribution < -0.4 is 5.30 Å². The second kappa shape index (κ2) is 3.54. The predicted molar refractivity (Wildman–Crippen MR) is 39.7 cm³/mol. The van der Waals surface area contributed by atoms with Crippen molar-refractivity contribution in [1.82, 2.24) is 0 Å². The molecule has 1 radical (unpaired) electrons. The normalized spacial score (nSPS) is 11.7. The van der Waals surface area contributed by atoms with E-state index in [9.17, 15) is 13.3 Å². The summed E-state index contributed by atoms with van der Waals surface area (Å²) in [6.07, 6.45) is -2.76. The van der Waals surface area contributed by atoms with Gasteiger partial charge in [-0.1, -0.05) is 18.2 Å². The number of rotatable bonds is 2. The molecule has 0 bridgehead atoms. The third-order valence-corrected chi connectivity index (χ3v) is 2.35. The summed E-state index contributed by atoms with van der Waals surface area (Å²) in [5.74, 6) is 0. The predicted octanol–water partition coefficient (Wildman–Crippen LogP) is 2.36. The van der Waals surface area contributed by atoms with Crippen LogP contribution in [-0.2, 0) is 4.57 Å². The lowest BCUT2D eigenvalue weighted by Crippen LogP contribution is -1.98. The van der Waals surface area contributed by atoms with Gasteiger partial charge in [-0.25, -0.2) is 0 Å². The number of hydrogen-bond donors (Lipinski definition) is 0. The van der Waals surface area contributed by atoms with Crippen molar-refractivity contribution in [3.8, 4) is 0 Å². The Balaban J connectivity index is 2.86. The van der Waals surface area contributed by atoms with Crippen molar-refractivity contribution in [2.75, 3.05) is 0 Å². The van der Waals surface area contributed by atoms with Crippen molar-refractivity contribution >= 4 is 13.1 Å². The van der Waals surface area contributed by atoms with Gasteiger partial charge in [-0.2, -0.15) is 8.78 Å². The van der Waals surface area contributed by atoms with Crippen LogP contribution in [0.1, 0.15) is 0 Å². The van der Waals surface area contributed by atoms with E-state index in [1.807, 2.05) is 0 Å². The molecule has 59 valence electrons. The van der Waals surface area contributed by atoms with Crippen LogP contribution in [0.4, 0.5) is 8.78 Å². The largest absolute Gasteiger partial charge is 0.310 e. The van der Waals surface area contributed by atoms with E-state index >= 15 is 0 Å². The Morgan fingerprint density at radius 1 is 1.18 bits per heavy atom. The molecule has 0 saturated heterocycles. The summed E-state index contributed by atoms with van der Waals surface area (Å²) in [7, 11) is -2.52. The quantitative estimate of drug-likeness (QED) is 0.630. The Labute approximate surface area is 63.8 Å². The molecule has 0 amide bonds. The maximum absolute atomic E-state index is 11.8. The van der Waals surface area contributed by atoms with E-state index in [1.165, 1.54) is 12.1 Å². The second-order valence-corrected chi connectivity index (χ2v) is 3.50. The van der Waals surface area contributed by atoms with Gasteiger partial charge >= 0.3 is 6.17 Å². The molecular weight excluding hydrogens is 169 g/mol. The van der Waals surface area contributed by atoms with E-state index in [2.05, 4.69) is 0 Å². The first-order valence-electron chi connectivity index (χ1n) is 3.01. The lowest BCUT2D eigenvalue weighted by molar-refractivity contribution is 0.240. The molecule has 0 spiro atoms. The highest BCUT2D eigenvalue weighted by atomic mass is 31.1. The number of hydrogen-bond acceptors (Lipinski definition) is 1. The summed E-state index contributed by atoms with van der Waals surface area (Å²) < 4.78 is 34.4. The molecule has 1 nitrogen and oxygen atoms in total. The van der Waals surface area contributed by atoms with Crippen LogP contribution in [0.5, 0.6) is 0 Å². The lowest BCUT2D eigenvalue weighted by atomic mass is 10.4. The minimum Gasteiger partial charge on any atom is -0.276 e. The van der Waals surface area contributed by atoms with Gasteiger partial charge in [0.15, 0.2) is 7.80 Å². The van der Waals surface area contributed by atoms with Gasteiger partial charge in [0, 0.05) is 5.30 Å². The van der Waals surface area contributed by atoms with Crippen LogP contribution >= 0.6 is 7.80 Å². The molecule has 11 heavy (non-hydrogen) atoms. The molecule has 0 N–H and O–H groups in total. The number of alkyl halides is 2. The lowest BCUT2D eigenvalue weighted by Gasteiger charge is -1.97. The monoisotopic (exact) mass is 175 g/mol. The highest BCUT2D eigenvalue weighted by Crippen LogP contribution is 2.28. The van der Waals surface area contributed by atoms with Crippen LogP contribution in [0, 0.1) is 0 Å². The molecular formula is C7H6F2OP. The molecule has 1 aromatic rings. The summed E-state index contributed by atoms with van der Waals surface area (Å²) in [6, 6.07) is 7.74. The van der Waals surface area contributed by atoms with E-state index in [-0.39, 0.29) is 5.30 Å². The maximum atomic E-state index is 11.8. The zero-order valence-corrected chi connectivity index (χ0v) is 6.47. The topological polar surface area (TPSA) is 17.1 Å². The minimum absolute atomic E-state index is 0.206. The standard InChI is InChI=1S/C7H6F2OP/c8-7(9)11(10)6-4-2-1-3-5-6/h1-5,7H. The first-order valence-corrected chi connectivity index (χ1v) is 4.34. The Morgan fingerprint density at radius 3 is 2.18 bits per heavy atom. The van der Waals surface area contributed by atoms with Crippen LogP contribution in [0.3, 0.4) is 0 Å². The summed E-state index contributed by atoms with van der Waals surface area (Å²) in [6.45, 7) is 0. The van der Waals surface area contributed by atoms with E-state index in [4.69, 9.17) is 0 Å². The van der Waals surface area contributed by atoms with Crippen molar-refractivity contribution in [2.45, 2.75) is 6.17 Å². The smallest absolute Gasteiger partial charge is 0.276 e. The zero-order chi connectivity index (χ0) is 8.27. The molecule has 0 saturated carbocycles. The van der Waals surface area contributed by atoms with Gasteiger partial charge in [0.2, 0.25) is 0 Å². The average Bonchev–Trinajstić information content (AvgIpc) is 2.05. The van der Waals surface area contributed by atoms with Crippen molar-refractivity contribution in [2.24, 2.45) is 0 Å². The highest BCUT2D eigenvalue weighted by molar-refractivity contribution is 7.53. The first-order chi connectivity index (χ1) is 5.22. The van der Waals surface area contributed by atoms with Crippen molar-refractivity contribution in [3.63, 3.8) is 0 Å². The number of halogens is 2. The van der Waals surface area contributed by atoms with Crippen molar-refractivity contribution in [3.05, 3.63) is 30.3 Å². The maximum Gasteiger partial charge on any atom is 0.310 e. The molecule has 0 heterocycles. The third kappa shape index (κ3) is 2.05. The van der Waals surface area contributed by atoms with Crippen molar-refractivity contribution < 1.29 is 13.3 Å². The van der Waals surface area contributed by atoms with Gasteiger partial charge in [0.25, 0.3) is 0 Å². The third-order valence-electron chi connectivity index (χ3n) is 1.19. The van der Waals surface area contributed by atoms with Gasteiger partial charge in [-0.3, -0.25) is 4.57 Å². The van der Waals surface area contributed by atoms with Crippen LogP contribution in [0.15, 0.2) is 30.3 Å². The Bertz CT molecular complexity index is 248. The highest BCUT2D eigenvalue weighted by Gasteiger charge is 2.15. The van der Waals surface area contributed by atoms with Gasteiger partial charge < -0.3 is 0 Å². The van der Waals surface area contributed by atoms with E-state index in [0.29, 0.717) is 0 Å². The molecule has 1 unspecified atom stereocenters. The molecule has 0 aliphatic rings. The Morgan fingerprint density at radius 2 is 1.73 bits per heavy atom. The molecule has 1 atom stereocenters. The Kier molecular flexibility index (Phi) is 2.66. The van der Waals surface area contributed by atoms with Crippen LogP contribution in [-0.4, -0.2) is 6.17 Å². The summed E-state index contributed by atoms with van der Waals surface area (Å²) >= 11 is 0. The van der Waals surface area contributed by atoms with E-state index < -0.39 is 14.0 Å². The van der Waals surface area contributed by atoms with E-state index in [1.54, 1.807) is 18.2 Å². The first kappa shape index (κ1) is 8.28.